The Morgan fingerprint density at radius 1 is 1.53 bits per heavy atom. The third kappa shape index (κ3) is 2.95. The van der Waals surface area contributed by atoms with Crippen molar-refractivity contribution in [2.75, 3.05) is 25.5 Å². The van der Waals surface area contributed by atoms with Crippen molar-refractivity contribution in [3.63, 3.8) is 0 Å². The van der Waals surface area contributed by atoms with E-state index in [-0.39, 0.29) is 11.9 Å². The van der Waals surface area contributed by atoms with Crippen LogP contribution in [0.2, 0.25) is 0 Å². The SMILES string of the molecule is NC(=O)C1COCCN1Cc1cccc(N)c1. The Bertz CT molecular complexity index is 408. The van der Waals surface area contributed by atoms with Crippen LogP contribution in [0.25, 0.3) is 0 Å². The Morgan fingerprint density at radius 2 is 2.35 bits per heavy atom. The predicted octanol–water partition coefficient (Wildman–Crippen LogP) is -0.0451. The number of anilines is 1. The number of nitrogens with zero attached hydrogens (tertiary/aromatic N) is 1. The van der Waals surface area contributed by atoms with E-state index in [9.17, 15) is 4.79 Å². The van der Waals surface area contributed by atoms with Crippen molar-refractivity contribution in [1.82, 2.24) is 4.90 Å². The number of carbonyl (C=O) groups is 1. The lowest BCUT2D eigenvalue weighted by molar-refractivity contribution is -0.129. The molecule has 1 fully saturated rings. The quantitative estimate of drug-likeness (QED) is 0.720. The van der Waals surface area contributed by atoms with Crippen molar-refractivity contribution < 1.29 is 9.53 Å². The smallest absolute Gasteiger partial charge is 0.237 e. The zero-order chi connectivity index (χ0) is 12.3. The predicted molar refractivity (Wildman–Crippen MR) is 65.1 cm³/mol. The molecule has 1 amide bonds. The average Bonchev–Trinajstić information content (AvgIpc) is 2.29. The van der Waals surface area contributed by atoms with Crippen molar-refractivity contribution in [2.45, 2.75) is 12.6 Å². The van der Waals surface area contributed by atoms with Crippen LogP contribution in [0.1, 0.15) is 5.56 Å². The molecule has 0 bridgehead atoms. The number of carbonyl (C=O) groups excluding carboxylic acids is 1. The number of nitrogen functional groups attached to an aromatic ring is 1. The highest BCUT2D eigenvalue weighted by molar-refractivity contribution is 5.80. The molecule has 1 unspecified atom stereocenters. The molecule has 0 spiro atoms. The number of nitrogens with two attached hydrogens (primary N) is 2. The van der Waals surface area contributed by atoms with Gasteiger partial charge in [-0.25, -0.2) is 0 Å². The van der Waals surface area contributed by atoms with Gasteiger partial charge in [-0.3, -0.25) is 9.69 Å². The van der Waals surface area contributed by atoms with Crippen LogP contribution in [0.15, 0.2) is 24.3 Å². The summed E-state index contributed by atoms with van der Waals surface area (Å²) in [6.45, 7) is 2.38. The molecule has 1 aromatic rings. The monoisotopic (exact) mass is 235 g/mol. The normalized spacial score (nSPS) is 21.3. The summed E-state index contributed by atoms with van der Waals surface area (Å²) < 4.78 is 5.27. The first kappa shape index (κ1) is 11.9. The summed E-state index contributed by atoms with van der Waals surface area (Å²) in [6.07, 6.45) is 0. The van der Waals surface area contributed by atoms with Gasteiger partial charge in [-0.2, -0.15) is 0 Å². The lowest BCUT2D eigenvalue weighted by Gasteiger charge is -2.33. The van der Waals surface area contributed by atoms with Crippen LogP contribution in [-0.4, -0.2) is 36.6 Å². The van der Waals surface area contributed by atoms with E-state index in [1.54, 1.807) is 0 Å². The number of hydrogen-bond donors (Lipinski definition) is 2. The second kappa shape index (κ2) is 5.16. The van der Waals surface area contributed by atoms with Crippen LogP contribution >= 0.6 is 0 Å². The number of rotatable bonds is 3. The molecule has 4 N–H and O–H groups in total. The second-order valence-electron chi connectivity index (χ2n) is 4.21. The number of hydrogen-bond acceptors (Lipinski definition) is 4. The summed E-state index contributed by atoms with van der Waals surface area (Å²) in [4.78, 5) is 13.3. The summed E-state index contributed by atoms with van der Waals surface area (Å²) in [7, 11) is 0. The van der Waals surface area contributed by atoms with Gasteiger partial charge in [-0.1, -0.05) is 12.1 Å². The number of amides is 1. The third-order valence-corrected chi connectivity index (χ3v) is 2.90. The van der Waals surface area contributed by atoms with Crippen LogP contribution in [0.5, 0.6) is 0 Å². The van der Waals surface area contributed by atoms with Gasteiger partial charge < -0.3 is 16.2 Å². The fourth-order valence-corrected chi connectivity index (χ4v) is 2.02. The molecule has 17 heavy (non-hydrogen) atoms. The Kier molecular flexibility index (Phi) is 3.61. The molecule has 1 aliphatic rings. The van der Waals surface area contributed by atoms with Gasteiger partial charge in [-0.05, 0) is 17.7 Å². The van der Waals surface area contributed by atoms with Crippen molar-refractivity contribution >= 4 is 11.6 Å². The zero-order valence-corrected chi connectivity index (χ0v) is 9.63. The van der Waals surface area contributed by atoms with Crippen molar-refractivity contribution in [3.8, 4) is 0 Å². The maximum Gasteiger partial charge on any atom is 0.237 e. The molecule has 5 nitrogen and oxygen atoms in total. The third-order valence-electron chi connectivity index (χ3n) is 2.90. The van der Waals surface area contributed by atoms with Crippen molar-refractivity contribution in [3.05, 3.63) is 29.8 Å². The summed E-state index contributed by atoms with van der Waals surface area (Å²) in [5.41, 5.74) is 12.9. The van der Waals surface area contributed by atoms with Gasteiger partial charge in [0.2, 0.25) is 5.91 Å². The minimum Gasteiger partial charge on any atom is -0.399 e. The molecular formula is C12H17N3O2. The first-order valence-corrected chi connectivity index (χ1v) is 5.62. The fourth-order valence-electron chi connectivity index (χ4n) is 2.02. The lowest BCUT2D eigenvalue weighted by Crippen LogP contribution is -2.51. The standard InChI is InChI=1S/C12H17N3O2/c13-10-3-1-2-9(6-10)7-15-4-5-17-8-11(15)12(14)16/h1-3,6,11H,4-5,7-8,13H2,(H2,14,16). The average molecular weight is 235 g/mol. The number of morpholine rings is 1. The first-order valence-electron chi connectivity index (χ1n) is 5.62. The van der Waals surface area contributed by atoms with Crippen LogP contribution in [0, 0.1) is 0 Å². The van der Waals surface area contributed by atoms with Gasteiger partial charge in [0, 0.05) is 18.8 Å². The summed E-state index contributed by atoms with van der Waals surface area (Å²) in [5, 5.41) is 0. The minimum absolute atomic E-state index is 0.339. The molecule has 5 heteroatoms. The first-order chi connectivity index (χ1) is 8.16. The van der Waals surface area contributed by atoms with Crippen LogP contribution in [0.3, 0.4) is 0 Å². The van der Waals surface area contributed by atoms with E-state index < -0.39 is 0 Å². The van der Waals surface area contributed by atoms with Gasteiger partial charge in [-0.15, -0.1) is 0 Å². The van der Waals surface area contributed by atoms with E-state index in [1.165, 1.54) is 0 Å². The molecule has 0 saturated carbocycles. The van der Waals surface area contributed by atoms with E-state index in [4.69, 9.17) is 16.2 Å². The van der Waals surface area contributed by atoms with E-state index in [0.717, 1.165) is 11.3 Å². The van der Waals surface area contributed by atoms with E-state index in [2.05, 4.69) is 0 Å². The zero-order valence-electron chi connectivity index (χ0n) is 9.63. The van der Waals surface area contributed by atoms with Crippen molar-refractivity contribution in [2.24, 2.45) is 5.73 Å². The molecule has 1 atom stereocenters. The molecule has 1 aliphatic heterocycles. The Labute approximate surface area is 100 Å². The number of primary amides is 1. The second-order valence-corrected chi connectivity index (χ2v) is 4.21. The molecule has 0 radical (unpaired) electrons. The largest absolute Gasteiger partial charge is 0.399 e. The molecule has 1 aromatic carbocycles. The van der Waals surface area contributed by atoms with Gasteiger partial charge in [0.25, 0.3) is 0 Å². The summed E-state index contributed by atoms with van der Waals surface area (Å²) in [6, 6.07) is 7.31. The Morgan fingerprint density at radius 3 is 3.06 bits per heavy atom. The van der Waals surface area contributed by atoms with Gasteiger partial charge in [0.1, 0.15) is 6.04 Å². The van der Waals surface area contributed by atoms with E-state index >= 15 is 0 Å². The topological polar surface area (TPSA) is 81.6 Å². The number of benzene rings is 1. The molecular weight excluding hydrogens is 218 g/mol. The highest BCUT2D eigenvalue weighted by atomic mass is 16.5. The fraction of sp³-hybridized carbons (Fsp3) is 0.417. The molecule has 0 aromatic heterocycles. The van der Waals surface area contributed by atoms with E-state index in [0.29, 0.717) is 26.3 Å². The van der Waals surface area contributed by atoms with Gasteiger partial charge >= 0.3 is 0 Å². The molecule has 2 rings (SSSR count). The van der Waals surface area contributed by atoms with Gasteiger partial charge in [0.15, 0.2) is 0 Å². The number of ether oxygens (including phenoxy) is 1. The van der Waals surface area contributed by atoms with Gasteiger partial charge in [0.05, 0.1) is 13.2 Å². The summed E-state index contributed by atoms with van der Waals surface area (Å²) >= 11 is 0. The van der Waals surface area contributed by atoms with E-state index in [1.807, 2.05) is 29.2 Å². The lowest BCUT2D eigenvalue weighted by atomic mass is 10.1. The van der Waals surface area contributed by atoms with Crippen LogP contribution in [-0.2, 0) is 16.1 Å². The molecule has 1 heterocycles. The van der Waals surface area contributed by atoms with Crippen LogP contribution < -0.4 is 11.5 Å². The molecule has 0 aliphatic carbocycles. The highest BCUT2D eigenvalue weighted by Crippen LogP contribution is 2.14. The maximum absolute atomic E-state index is 11.3. The van der Waals surface area contributed by atoms with Crippen LogP contribution in [0.4, 0.5) is 5.69 Å². The summed E-state index contributed by atoms with van der Waals surface area (Å²) in [5.74, 6) is -0.339. The maximum atomic E-state index is 11.3. The van der Waals surface area contributed by atoms with Crippen molar-refractivity contribution in [1.29, 1.82) is 0 Å². The Balaban J connectivity index is 2.08. The molecule has 92 valence electrons. The highest BCUT2D eigenvalue weighted by Gasteiger charge is 2.27. The molecule has 1 saturated heterocycles. The minimum atomic E-state index is -0.342. The Hall–Kier alpha value is -1.59.